The van der Waals surface area contributed by atoms with Crippen molar-refractivity contribution in [2.24, 2.45) is 0 Å². The molecule has 0 radical (unpaired) electrons. The Hall–Kier alpha value is -2.09. The van der Waals surface area contributed by atoms with Crippen LogP contribution in [0.5, 0.6) is 0 Å². The molecule has 98 valence electrons. The summed E-state index contributed by atoms with van der Waals surface area (Å²) in [5.74, 6) is -0.0112. The molecule has 0 heterocycles. The lowest BCUT2D eigenvalue weighted by Crippen LogP contribution is -2.28. The second-order valence-corrected chi connectivity index (χ2v) is 4.59. The molecule has 0 saturated carbocycles. The molecule has 19 heavy (non-hydrogen) atoms. The fourth-order valence-electron chi connectivity index (χ4n) is 2.13. The van der Waals surface area contributed by atoms with Gasteiger partial charge in [0.2, 0.25) is 0 Å². The van der Waals surface area contributed by atoms with Crippen LogP contribution in [0.2, 0.25) is 0 Å². The molecule has 2 nitrogen and oxygen atoms in total. The van der Waals surface area contributed by atoms with Crippen molar-refractivity contribution in [3.63, 3.8) is 0 Å². The van der Waals surface area contributed by atoms with E-state index in [1.807, 2.05) is 48.5 Å². The number of rotatable bonds is 5. The van der Waals surface area contributed by atoms with Crippen LogP contribution in [0.4, 0.5) is 0 Å². The maximum atomic E-state index is 12.2. The molecule has 2 heteroatoms. The topological polar surface area (TPSA) is 29.1 Å². The third kappa shape index (κ3) is 3.68. The molecule has 0 saturated heterocycles. The van der Waals surface area contributed by atoms with Crippen molar-refractivity contribution in [3.8, 4) is 0 Å². The molecular formula is C17H19NO. The number of hydrogen-bond acceptors (Lipinski definition) is 1. The van der Waals surface area contributed by atoms with Gasteiger partial charge in [-0.1, -0.05) is 61.9 Å². The smallest absolute Gasteiger partial charge is 0.251 e. The first-order valence-corrected chi connectivity index (χ1v) is 6.72. The van der Waals surface area contributed by atoms with Gasteiger partial charge < -0.3 is 5.32 Å². The van der Waals surface area contributed by atoms with Gasteiger partial charge in [0.15, 0.2) is 0 Å². The highest BCUT2D eigenvalue weighted by Gasteiger charge is 2.14. The summed E-state index contributed by atoms with van der Waals surface area (Å²) in [4.78, 5) is 12.2. The van der Waals surface area contributed by atoms with Gasteiger partial charge in [-0.05, 0) is 24.1 Å². The number of carbonyl (C=O) groups excluding carboxylic acids is 1. The summed E-state index contributed by atoms with van der Waals surface area (Å²) in [6.45, 7) is 2.13. The van der Waals surface area contributed by atoms with Gasteiger partial charge in [0.25, 0.3) is 5.91 Å². The summed E-state index contributed by atoms with van der Waals surface area (Å²) in [5.41, 5.74) is 1.87. The fraction of sp³-hybridized carbons (Fsp3) is 0.235. The molecule has 0 aromatic heterocycles. The number of amides is 1. The zero-order chi connectivity index (χ0) is 13.5. The number of nitrogens with one attached hydrogen (secondary N) is 1. The number of carbonyl (C=O) groups is 1. The lowest BCUT2D eigenvalue weighted by Gasteiger charge is -2.18. The average Bonchev–Trinajstić information content (AvgIpc) is 2.48. The largest absolute Gasteiger partial charge is 0.345 e. The van der Waals surface area contributed by atoms with Gasteiger partial charge in [0, 0.05) is 5.56 Å². The van der Waals surface area contributed by atoms with Crippen molar-refractivity contribution in [3.05, 3.63) is 71.8 Å². The van der Waals surface area contributed by atoms with Crippen LogP contribution in [0.15, 0.2) is 60.7 Å². The first kappa shape index (κ1) is 13.3. The molecule has 0 bridgehead atoms. The Morgan fingerprint density at radius 3 is 2.16 bits per heavy atom. The molecular weight excluding hydrogens is 234 g/mol. The van der Waals surface area contributed by atoms with E-state index in [9.17, 15) is 4.79 Å². The summed E-state index contributed by atoms with van der Waals surface area (Å²) >= 11 is 0. The van der Waals surface area contributed by atoms with Crippen molar-refractivity contribution < 1.29 is 4.79 Å². The summed E-state index contributed by atoms with van der Waals surface area (Å²) in [5, 5.41) is 3.11. The summed E-state index contributed by atoms with van der Waals surface area (Å²) in [6, 6.07) is 19.6. The van der Waals surface area contributed by atoms with E-state index >= 15 is 0 Å². The van der Waals surface area contributed by atoms with E-state index in [1.165, 1.54) is 0 Å². The number of benzene rings is 2. The van der Waals surface area contributed by atoms with E-state index in [0.29, 0.717) is 5.56 Å². The van der Waals surface area contributed by atoms with Crippen LogP contribution in [-0.4, -0.2) is 5.91 Å². The Bertz CT molecular complexity index is 507. The van der Waals surface area contributed by atoms with E-state index in [1.54, 1.807) is 0 Å². The molecule has 1 N–H and O–H groups in total. The average molecular weight is 253 g/mol. The van der Waals surface area contributed by atoms with Gasteiger partial charge in [-0.25, -0.2) is 0 Å². The third-order valence-electron chi connectivity index (χ3n) is 3.12. The molecule has 0 aliphatic rings. The van der Waals surface area contributed by atoms with Gasteiger partial charge >= 0.3 is 0 Å². The zero-order valence-corrected chi connectivity index (χ0v) is 11.2. The molecule has 0 spiro atoms. The van der Waals surface area contributed by atoms with Gasteiger partial charge in [0.05, 0.1) is 6.04 Å². The van der Waals surface area contributed by atoms with Crippen molar-refractivity contribution in [1.82, 2.24) is 5.32 Å². The van der Waals surface area contributed by atoms with Crippen molar-refractivity contribution >= 4 is 5.91 Å². The quantitative estimate of drug-likeness (QED) is 0.858. The Kier molecular flexibility index (Phi) is 4.73. The summed E-state index contributed by atoms with van der Waals surface area (Å²) in [7, 11) is 0. The minimum absolute atomic E-state index is 0.0112. The highest BCUT2D eigenvalue weighted by atomic mass is 16.1. The first-order valence-electron chi connectivity index (χ1n) is 6.72. The normalized spacial score (nSPS) is 11.8. The van der Waals surface area contributed by atoms with E-state index in [0.717, 1.165) is 18.4 Å². The predicted octanol–water partition coefficient (Wildman–Crippen LogP) is 3.96. The minimum atomic E-state index is -0.0112. The third-order valence-corrected chi connectivity index (χ3v) is 3.12. The van der Waals surface area contributed by atoms with Crippen LogP contribution in [0.1, 0.15) is 41.7 Å². The van der Waals surface area contributed by atoms with Crippen LogP contribution in [0, 0.1) is 0 Å². The Balaban J connectivity index is 2.11. The summed E-state index contributed by atoms with van der Waals surface area (Å²) < 4.78 is 0. The molecule has 1 amide bonds. The lowest BCUT2D eigenvalue weighted by atomic mass is 10.0. The maximum absolute atomic E-state index is 12.2. The number of hydrogen-bond donors (Lipinski definition) is 1. The monoisotopic (exact) mass is 253 g/mol. The molecule has 0 fully saturated rings. The highest BCUT2D eigenvalue weighted by Crippen LogP contribution is 2.18. The van der Waals surface area contributed by atoms with Crippen LogP contribution in [0.25, 0.3) is 0 Å². The Morgan fingerprint density at radius 1 is 1.00 bits per heavy atom. The first-order chi connectivity index (χ1) is 9.31. The second-order valence-electron chi connectivity index (χ2n) is 4.59. The van der Waals surface area contributed by atoms with E-state index in [4.69, 9.17) is 0 Å². The molecule has 0 unspecified atom stereocenters. The van der Waals surface area contributed by atoms with Gasteiger partial charge in [-0.2, -0.15) is 0 Å². The van der Waals surface area contributed by atoms with Crippen molar-refractivity contribution in [1.29, 1.82) is 0 Å². The zero-order valence-electron chi connectivity index (χ0n) is 11.2. The molecule has 2 aromatic rings. The molecule has 2 rings (SSSR count). The van der Waals surface area contributed by atoms with Crippen LogP contribution < -0.4 is 5.32 Å². The van der Waals surface area contributed by atoms with Crippen molar-refractivity contribution in [2.45, 2.75) is 25.8 Å². The molecule has 1 atom stereocenters. The second kappa shape index (κ2) is 6.74. The molecule has 2 aromatic carbocycles. The fourth-order valence-corrected chi connectivity index (χ4v) is 2.13. The maximum Gasteiger partial charge on any atom is 0.251 e. The predicted molar refractivity (Wildman–Crippen MR) is 78.0 cm³/mol. The van der Waals surface area contributed by atoms with E-state index < -0.39 is 0 Å². The van der Waals surface area contributed by atoms with Crippen molar-refractivity contribution in [2.75, 3.05) is 0 Å². The van der Waals surface area contributed by atoms with Gasteiger partial charge in [-0.15, -0.1) is 0 Å². The lowest BCUT2D eigenvalue weighted by molar-refractivity contribution is 0.0934. The summed E-state index contributed by atoms with van der Waals surface area (Å²) in [6.07, 6.45) is 1.98. The molecule has 0 aliphatic heterocycles. The van der Waals surface area contributed by atoms with Gasteiger partial charge in [0.1, 0.15) is 0 Å². The standard InChI is InChI=1S/C17H19NO/c1-2-9-16(14-10-5-3-6-11-14)18-17(19)15-12-7-4-8-13-15/h3-8,10-13,16H,2,9H2,1H3,(H,18,19)/t16-/m1/s1. The SMILES string of the molecule is CCC[C@@H](NC(=O)c1ccccc1)c1ccccc1. The van der Waals surface area contributed by atoms with Gasteiger partial charge in [-0.3, -0.25) is 4.79 Å². The Morgan fingerprint density at radius 2 is 1.58 bits per heavy atom. The molecule has 0 aliphatic carbocycles. The van der Waals surface area contributed by atoms with Crippen LogP contribution in [0.3, 0.4) is 0 Å². The Labute approximate surface area is 114 Å². The van der Waals surface area contributed by atoms with Crippen LogP contribution in [-0.2, 0) is 0 Å². The minimum Gasteiger partial charge on any atom is -0.345 e. The highest BCUT2D eigenvalue weighted by molar-refractivity contribution is 5.94. The van der Waals surface area contributed by atoms with E-state index in [2.05, 4.69) is 24.4 Å². The van der Waals surface area contributed by atoms with Crippen LogP contribution >= 0.6 is 0 Å². The van der Waals surface area contributed by atoms with E-state index in [-0.39, 0.29) is 11.9 Å².